The summed E-state index contributed by atoms with van der Waals surface area (Å²) in [7, 11) is -4.14. The number of furan rings is 1. The number of hydrogen-bond acceptors (Lipinski definition) is 7. The van der Waals surface area contributed by atoms with E-state index in [1.165, 1.54) is 26.0 Å². The molecule has 0 saturated carbocycles. The fraction of sp³-hybridized carbons (Fsp3) is 0.133. The second-order valence-corrected chi connectivity index (χ2v) is 6.87. The number of aromatic nitrogens is 1. The van der Waals surface area contributed by atoms with Crippen LogP contribution < -0.4 is 10.5 Å². The van der Waals surface area contributed by atoms with E-state index in [1.54, 1.807) is 6.07 Å². The highest BCUT2D eigenvalue weighted by molar-refractivity contribution is 7.92. The molecule has 0 aliphatic heterocycles. The van der Waals surface area contributed by atoms with Crippen LogP contribution in [0.1, 0.15) is 28.6 Å². The Bertz CT molecular complexity index is 1210. The summed E-state index contributed by atoms with van der Waals surface area (Å²) in [6.45, 7) is 2.70. The average molecular weight is 361 g/mol. The maximum Gasteiger partial charge on any atom is 0.417 e. The Morgan fingerprint density at radius 1 is 1.32 bits per heavy atom. The van der Waals surface area contributed by atoms with E-state index in [4.69, 9.17) is 8.83 Å². The third-order valence-electron chi connectivity index (χ3n) is 3.48. The largest absolute Gasteiger partial charge is 0.443 e. The van der Waals surface area contributed by atoms with Gasteiger partial charge in [0.25, 0.3) is 10.0 Å². The predicted octanol–water partition coefficient (Wildman–Crippen LogP) is 1.90. The maximum absolute atomic E-state index is 12.5. The van der Waals surface area contributed by atoms with Gasteiger partial charge in [-0.1, -0.05) is 0 Å². The highest BCUT2D eigenvalue weighted by Crippen LogP contribution is 2.29. The van der Waals surface area contributed by atoms with Gasteiger partial charge in [0.1, 0.15) is 17.4 Å². The first kappa shape index (κ1) is 16.5. The molecule has 0 spiro atoms. The number of ketones is 1. The van der Waals surface area contributed by atoms with E-state index in [9.17, 15) is 23.3 Å². The van der Waals surface area contributed by atoms with Gasteiger partial charge in [0.05, 0.1) is 16.0 Å². The third-order valence-corrected chi connectivity index (χ3v) is 4.81. The molecule has 25 heavy (non-hydrogen) atoms. The number of carbonyl (C=O) groups is 1. The van der Waals surface area contributed by atoms with Gasteiger partial charge >= 0.3 is 5.76 Å². The van der Waals surface area contributed by atoms with E-state index in [-0.39, 0.29) is 33.2 Å². The minimum Gasteiger partial charge on any atom is -0.443 e. The van der Waals surface area contributed by atoms with Crippen LogP contribution >= 0.6 is 0 Å². The topological polar surface area (TPSA) is 146 Å². The Morgan fingerprint density at radius 2 is 2.04 bits per heavy atom. The van der Waals surface area contributed by atoms with Crippen molar-refractivity contribution in [2.24, 2.45) is 0 Å². The molecule has 9 nitrogen and oxygen atoms in total. The Labute approximate surface area is 140 Å². The average Bonchev–Trinajstić information content (AvgIpc) is 3.04. The molecule has 10 heteroatoms. The lowest BCUT2D eigenvalue weighted by Gasteiger charge is -2.05. The minimum absolute atomic E-state index is 0.0206. The molecule has 0 amide bonds. The van der Waals surface area contributed by atoms with Crippen LogP contribution in [0.3, 0.4) is 0 Å². The molecular weight excluding hydrogens is 350 g/mol. The number of sulfonamides is 1. The molecule has 2 N–H and O–H groups in total. The molecular formula is C15H11N3O6S. The van der Waals surface area contributed by atoms with Crippen molar-refractivity contribution >= 4 is 32.8 Å². The molecule has 128 valence electrons. The van der Waals surface area contributed by atoms with Gasteiger partial charge in [-0.05, 0) is 26.0 Å². The van der Waals surface area contributed by atoms with Gasteiger partial charge in [-0.3, -0.25) is 9.78 Å². The van der Waals surface area contributed by atoms with Crippen molar-refractivity contribution in [2.45, 2.75) is 18.7 Å². The molecule has 0 atom stereocenters. The van der Waals surface area contributed by atoms with E-state index in [1.807, 2.05) is 0 Å². The van der Waals surface area contributed by atoms with Gasteiger partial charge in [-0.15, -0.1) is 0 Å². The first-order chi connectivity index (χ1) is 11.7. The molecule has 0 saturated heterocycles. The second-order valence-electron chi connectivity index (χ2n) is 5.18. The van der Waals surface area contributed by atoms with E-state index < -0.39 is 21.6 Å². The van der Waals surface area contributed by atoms with E-state index in [0.29, 0.717) is 5.52 Å². The quantitative estimate of drug-likeness (QED) is 0.675. The summed E-state index contributed by atoms with van der Waals surface area (Å²) in [5.41, 5.74) is 0.234. The van der Waals surface area contributed by atoms with E-state index in [2.05, 4.69) is 9.71 Å². The minimum atomic E-state index is -4.14. The van der Waals surface area contributed by atoms with Crippen LogP contribution in [0.5, 0.6) is 0 Å². The Balaban J connectivity index is 2.07. The highest BCUT2D eigenvalue weighted by atomic mass is 32.2. The third kappa shape index (κ3) is 2.81. The van der Waals surface area contributed by atoms with Crippen molar-refractivity contribution in [3.63, 3.8) is 0 Å². The van der Waals surface area contributed by atoms with Gasteiger partial charge in [0.2, 0.25) is 5.88 Å². The number of nitrogens with one attached hydrogen (secondary N) is 2. The number of benzene rings is 1. The summed E-state index contributed by atoms with van der Waals surface area (Å²) in [6.07, 6.45) is 0. The normalized spacial score (nSPS) is 11.4. The number of fused-ring (bicyclic) bond motifs is 1. The zero-order chi connectivity index (χ0) is 18.4. The highest BCUT2D eigenvalue weighted by Gasteiger charge is 2.25. The van der Waals surface area contributed by atoms with E-state index >= 15 is 0 Å². The van der Waals surface area contributed by atoms with Crippen LogP contribution in [0.15, 0.2) is 36.7 Å². The van der Waals surface area contributed by atoms with Crippen LogP contribution in [-0.4, -0.2) is 19.2 Å². The van der Waals surface area contributed by atoms with Gasteiger partial charge in [0, 0.05) is 6.07 Å². The number of nitrogens with zero attached hydrogens (tertiary/aromatic N) is 1. The molecule has 2 heterocycles. The SMILES string of the molecule is CC(=O)c1c(C)oc(NS(=O)(=O)c2ccc3[nH]c(=O)oc3c2)c1C#N. The molecule has 0 aliphatic carbocycles. The molecule has 0 bridgehead atoms. The first-order valence-corrected chi connectivity index (χ1v) is 8.41. The predicted molar refractivity (Wildman–Crippen MR) is 85.8 cm³/mol. The second kappa shape index (κ2) is 5.64. The monoisotopic (exact) mass is 361 g/mol. The van der Waals surface area contributed by atoms with Crippen LogP contribution in [0.4, 0.5) is 5.88 Å². The zero-order valence-electron chi connectivity index (χ0n) is 13.0. The number of carbonyl (C=O) groups excluding carboxylic acids is 1. The van der Waals surface area contributed by atoms with Crippen LogP contribution in [0.25, 0.3) is 11.1 Å². The maximum atomic E-state index is 12.5. The number of nitriles is 1. The number of Topliss-reactive ketones (excluding diaryl/α,β-unsaturated/α-hetero) is 1. The van der Waals surface area contributed by atoms with Crippen molar-refractivity contribution in [3.05, 3.63) is 45.6 Å². The van der Waals surface area contributed by atoms with Crippen LogP contribution in [-0.2, 0) is 10.0 Å². The van der Waals surface area contributed by atoms with Gasteiger partial charge in [-0.2, -0.15) is 5.26 Å². The molecule has 2 aromatic heterocycles. The lowest BCUT2D eigenvalue weighted by atomic mass is 10.1. The number of anilines is 1. The number of aromatic amines is 1. The number of hydrogen-bond donors (Lipinski definition) is 2. The zero-order valence-corrected chi connectivity index (χ0v) is 13.9. The molecule has 0 radical (unpaired) electrons. The summed E-state index contributed by atoms with van der Waals surface area (Å²) in [5.74, 6) is -1.34. The van der Waals surface area contributed by atoms with Crippen LogP contribution in [0.2, 0.25) is 0 Å². The van der Waals surface area contributed by atoms with Gasteiger partial charge in [0.15, 0.2) is 11.4 Å². The molecule has 1 aromatic carbocycles. The van der Waals surface area contributed by atoms with Crippen molar-refractivity contribution in [1.29, 1.82) is 5.26 Å². The first-order valence-electron chi connectivity index (χ1n) is 6.93. The standard InChI is InChI=1S/C15H11N3O6S/c1-7(19)13-8(2)23-14(10(13)6-16)18-25(21,22)9-3-4-11-12(5-9)24-15(20)17-11/h3-5,18H,1-2H3,(H,17,20). The van der Waals surface area contributed by atoms with Crippen molar-refractivity contribution < 1.29 is 22.0 Å². The summed E-state index contributed by atoms with van der Waals surface area (Å²) >= 11 is 0. The number of rotatable bonds is 4. The number of H-pyrrole nitrogens is 1. The Kier molecular flexibility index (Phi) is 3.73. The molecule has 3 rings (SSSR count). The van der Waals surface area contributed by atoms with E-state index in [0.717, 1.165) is 6.07 Å². The van der Waals surface area contributed by atoms with Crippen molar-refractivity contribution in [3.8, 4) is 6.07 Å². The fourth-order valence-electron chi connectivity index (χ4n) is 2.42. The molecule has 0 fully saturated rings. The number of oxazole rings is 1. The Morgan fingerprint density at radius 3 is 2.68 bits per heavy atom. The lowest BCUT2D eigenvalue weighted by Crippen LogP contribution is -2.13. The van der Waals surface area contributed by atoms with Gasteiger partial charge in [-0.25, -0.2) is 17.9 Å². The molecule has 3 aromatic rings. The van der Waals surface area contributed by atoms with Gasteiger partial charge < -0.3 is 8.83 Å². The summed E-state index contributed by atoms with van der Waals surface area (Å²) < 4.78 is 37.2. The van der Waals surface area contributed by atoms with Crippen molar-refractivity contribution in [1.82, 2.24) is 4.98 Å². The lowest BCUT2D eigenvalue weighted by molar-refractivity contribution is 0.101. The Hall–Kier alpha value is -3.32. The smallest absolute Gasteiger partial charge is 0.417 e. The van der Waals surface area contributed by atoms with Crippen LogP contribution in [0, 0.1) is 18.3 Å². The molecule has 0 aliphatic rings. The van der Waals surface area contributed by atoms with Crippen molar-refractivity contribution in [2.75, 3.05) is 4.72 Å². The number of aryl methyl sites for hydroxylation is 1. The summed E-state index contributed by atoms with van der Waals surface area (Å²) in [4.78, 5) is 25.0. The summed E-state index contributed by atoms with van der Waals surface area (Å²) in [6, 6.07) is 5.55. The molecule has 0 unspecified atom stereocenters. The fourth-order valence-corrected chi connectivity index (χ4v) is 3.44. The summed E-state index contributed by atoms with van der Waals surface area (Å²) in [5, 5.41) is 9.22.